The van der Waals surface area contributed by atoms with E-state index in [1.807, 2.05) is 35.8 Å². The van der Waals surface area contributed by atoms with Crippen LogP contribution in [0.4, 0.5) is 14.6 Å². The Morgan fingerprint density at radius 3 is 2.83 bits per heavy atom. The van der Waals surface area contributed by atoms with Crippen LogP contribution in [0.3, 0.4) is 0 Å². The number of nitrogens with one attached hydrogen (secondary N) is 2. The number of nitrogens with zero attached hydrogens (tertiary/aromatic N) is 3. The molecule has 202 valence electrons. The first-order valence-electron chi connectivity index (χ1n) is 13.6. The highest BCUT2D eigenvalue weighted by atomic mass is 19.2. The van der Waals surface area contributed by atoms with Crippen LogP contribution in [0.2, 0.25) is 0 Å². The molecule has 7 nitrogen and oxygen atoms in total. The van der Waals surface area contributed by atoms with Crippen molar-refractivity contribution < 1.29 is 18.4 Å². The summed E-state index contributed by atoms with van der Waals surface area (Å²) >= 11 is 0. The number of amides is 2. The van der Waals surface area contributed by atoms with E-state index in [-0.39, 0.29) is 17.7 Å². The van der Waals surface area contributed by atoms with E-state index in [0.29, 0.717) is 48.6 Å². The summed E-state index contributed by atoms with van der Waals surface area (Å²) in [6, 6.07) is 13.1. The molecule has 0 unspecified atom stereocenters. The highest BCUT2D eigenvalue weighted by Gasteiger charge is 2.51. The van der Waals surface area contributed by atoms with Gasteiger partial charge in [-0.2, -0.15) is 0 Å². The van der Waals surface area contributed by atoms with Gasteiger partial charge in [-0.05, 0) is 66.6 Å². The van der Waals surface area contributed by atoms with E-state index in [1.165, 1.54) is 6.07 Å². The summed E-state index contributed by atoms with van der Waals surface area (Å²) in [7, 11) is 0. The fraction of sp³-hybridized carbons (Fsp3) is 0.290. The molecule has 4 aromatic rings. The van der Waals surface area contributed by atoms with Crippen molar-refractivity contribution in [1.82, 2.24) is 19.9 Å². The smallest absolute Gasteiger partial charge is 0.251 e. The molecule has 2 N–H and O–H groups in total. The lowest BCUT2D eigenvalue weighted by Gasteiger charge is -2.32. The SMILES string of the molecule is CCc1cnc2n1C[C@H](c1cccc(F)c1F)C[C@@H]2NC(=O)c1ccc2c(c1)C[C@@]1(C2)C(=O)Nc2ncccc21. The maximum Gasteiger partial charge on any atom is 0.251 e. The Kier molecular flexibility index (Phi) is 5.59. The van der Waals surface area contributed by atoms with Gasteiger partial charge in [-0.15, -0.1) is 0 Å². The summed E-state index contributed by atoms with van der Waals surface area (Å²) in [5.74, 6) is -1.09. The summed E-state index contributed by atoms with van der Waals surface area (Å²) in [5.41, 5.74) is 3.92. The minimum atomic E-state index is -0.879. The zero-order chi connectivity index (χ0) is 27.6. The van der Waals surface area contributed by atoms with Crippen molar-refractivity contribution in [2.45, 2.75) is 56.5 Å². The molecule has 0 saturated carbocycles. The standard InChI is InChI=1S/C31H27F2N5O2/c1-2-21-15-35-28-25(12-20(16-38(21)28)22-5-3-7-24(32)26(22)33)36-29(39)17-8-9-18-13-31(14-19(18)11-17)23-6-4-10-34-27(23)37-30(31)40/h3-11,15,20,25H,2,12-14,16H2,1H3,(H,36,39)(H,34,37,40)/t20-,25+,31-/m1/s1. The Morgan fingerprint density at radius 1 is 1.12 bits per heavy atom. The second-order valence-electron chi connectivity index (χ2n) is 10.9. The monoisotopic (exact) mass is 539 g/mol. The van der Waals surface area contributed by atoms with Gasteiger partial charge in [0, 0.05) is 41.7 Å². The van der Waals surface area contributed by atoms with Crippen LogP contribution in [-0.2, 0) is 36.0 Å². The number of pyridine rings is 1. The van der Waals surface area contributed by atoms with Gasteiger partial charge in [-0.3, -0.25) is 9.59 Å². The van der Waals surface area contributed by atoms with Crippen molar-refractivity contribution in [3.05, 3.63) is 112 Å². The Morgan fingerprint density at radius 2 is 1.98 bits per heavy atom. The summed E-state index contributed by atoms with van der Waals surface area (Å²) in [6.45, 7) is 2.48. The van der Waals surface area contributed by atoms with Gasteiger partial charge in [0.2, 0.25) is 5.91 Å². The third-order valence-electron chi connectivity index (χ3n) is 8.74. The molecule has 7 rings (SSSR count). The van der Waals surface area contributed by atoms with Gasteiger partial charge < -0.3 is 15.2 Å². The van der Waals surface area contributed by atoms with Crippen molar-refractivity contribution in [2.75, 3.05) is 5.32 Å². The van der Waals surface area contributed by atoms with Crippen molar-refractivity contribution in [3.8, 4) is 0 Å². The predicted molar refractivity (Wildman–Crippen MR) is 144 cm³/mol. The van der Waals surface area contributed by atoms with E-state index in [0.717, 1.165) is 34.9 Å². The number of carbonyl (C=O) groups excluding carboxylic acids is 2. The van der Waals surface area contributed by atoms with Crippen LogP contribution in [0.15, 0.2) is 60.9 Å². The zero-order valence-electron chi connectivity index (χ0n) is 21.9. The van der Waals surface area contributed by atoms with E-state index in [4.69, 9.17) is 0 Å². The highest BCUT2D eigenvalue weighted by molar-refractivity contribution is 6.06. The number of anilines is 1. The van der Waals surface area contributed by atoms with Crippen LogP contribution in [0, 0.1) is 11.6 Å². The number of fused-ring (bicyclic) bond motifs is 4. The number of hydrogen-bond donors (Lipinski definition) is 2. The molecule has 0 saturated heterocycles. The Labute approximate surface area is 229 Å². The number of imidazole rings is 1. The zero-order valence-corrected chi connectivity index (χ0v) is 21.9. The maximum atomic E-state index is 14.8. The number of halogens is 2. The first-order valence-corrected chi connectivity index (χ1v) is 13.6. The van der Waals surface area contributed by atoms with Crippen molar-refractivity contribution in [1.29, 1.82) is 0 Å². The minimum Gasteiger partial charge on any atom is -0.342 e. The average molecular weight is 540 g/mol. The fourth-order valence-corrected chi connectivity index (χ4v) is 6.72. The fourth-order valence-electron chi connectivity index (χ4n) is 6.72. The van der Waals surface area contributed by atoms with Crippen LogP contribution in [0.1, 0.15) is 69.4 Å². The third kappa shape index (κ3) is 3.67. The summed E-state index contributed by atoms with van der Waals surface area (Å²) in [4.78, 5) is 35.5. The molecule has 9 heteroatoms. The van der Waals surface area contributed by atoms with Crippen LogP contribution < -0.4 is 10.6 Å². The second-order valence-corrected chi connectivity index (χ2v) is 10.9. The second kappa shape index (κ2) is 9.08. The number of rotatable bonds is 4. The van der Waals surface area contributed by atoms with Gasteiger partial charge in [-0.25, -0.2) is 18.7 Å². The van der Waals surface area contributed by atoms with Crippen LogP contribution in [-0.4, -0.2) is 26.3 Å². The average Bonchev–Trinajstić information content (AvgIpc) is 3.63. The topological polar surface area (TPSA) is 88.9 Å². The number of aryl methyl sites for hydroxylation is 1. The molecular weight excluding hydrogens is 512 g/mol. The van der Waals surface area contributed by atoms with Gasteiger partial charge in [0.1, 0.15) is 11.6 Å². The van der Waals surface area contributed by atoms with Gasteiger partial charge in [0.25, 0.3) is 5.91 Å². The number of benzene rings is 2. The van der Waals surface area contributed by atoms with Crippen LogP contribution in [0.5, 0.6) is 0 Å². The first-order chi connectivity index (χ1) is 19.4. The predicted octanol–water partition coefficient (Wildman–Crippen LogP) is 4.77. The Hall–Kier alpha value is -4.40. The number of carbonyl (C=O) groups is 2. The molecule has 2 aromatic carbocycles. The lowest BCUT2D eigenvalue weighted by molar-refractivity contribution is -0.120. The normalized spacial score (nSPS) is 22.5. The molecule has 0 radical (unpaired) electrons. The largest absolute Gasteiger partial charge is 0.342 e. The molecule has 4 heterocycles. The third-order valence-corrected chi connectivity index (χ3v) is 8.74. The van der Waals surface area contributed by atoms with Crippen molar-refractivity contribution in [3.63, 3.8) is 0 Å². The molecule has 1 spiro atoms. The van der Waals surface area contributed by atoms with Gasteiger partial charge in [-0.1, -0.05) is 31.2 Å². The van der Waals surface area contributed by atoms with Crippen molar-refractivity contribution in [2.24, 2.45) is 0 Å². The minimum absolute atomic E-state index is 0.0696. The lowest BCUT2D eigenvalue weighted by atomic mass is 9.79. The molecule has 40 heavy (non-hydrogen) atoms. The Bertz CT molecular complexity index is 1700. The molecule has 2 aliphatic heterocycles. The molecule has 3 atom stereocenters. The van der Waals surface area contributed by atoms with E-state index >= 15 is 0 Å². The van der Waals surface area contributed by atoms with E-state index in [2.05, 4.69) is 20.6 Å². The first kappa shape index (κ1) is 24.6. The number of hydrogen-bond acceptors (Lipinski definition) is 4. The van der Waals surface area contributed by atoms with E-state index in [1.54, 1.807) is 24.5 Å². The molecule has 2 amide bonds. The summed E-state index contributed by atoms with van der Waals surface area (Å²) < 4.78 is 30.9. The molecule has 0 fully saturated rings. The molecule has 0 bridgehead atoms. The molecule has 3 aliphatic rings. The summed E-state index contributed by atoms with van der Waals surface area (Å²) in [5, 5.41) is 6.02. The van der Waals surface area contributed by atoms with Crippen LogP contribution in [0.25, 0.3) is 0 Å². The lowest BCUT2D eigenvalue weighted by Crippen LogP contribution is -2.36. The van der Waals surface area contributed by atoms with Gasteiger partial charge in [0.05, 0.1) is 11.5 Å². The van der Waals surface area contributed by atoms with Gasteiger partial charge >= 0.3 is 0 Å². The molecule has 2 aromatic heterocycles. The van der Waals surface area contributed by atoms with Crippen LogP contribution >= 0.6 is 0 Å². The van der Waals surface area contributed by atoms with E-state index < -0.39 is 23.1 Å². The van der Waals surface area contributed by atoms with Gasteiger partial charge in [0.15, 0.2) is 11.6 Å². The Balaban J connectivity index is 1.17. The highest BCUT2D eigenvalue weighted by Crippen LogP contribution is 2.46. The summed E-state index contributed by atoms with van der Waals surface area (Å²) in [6.07, 6.45) is 5.61. The quantitative estimate of drug-likeness (QED) is 0.391. The number of aromatic nitrogens is 3. The molecular formula is C31H27F2N5O2. The maximum absolute atomic E-state index is 14.8. The molecule has 1 aliphatic carbocycles. The van der Waals surface area contributed by atoms with Crippen molar-refractivity contribution >= 4 is 17.6 Å². The van der Waals surface area contributed by atoms with E-state index in [9.17, 15) is 18.4 Å².